The molecule has 1 amide bonds. The highest BCUT2D eigenvalue weighted by Gasteiger charge is 2.28. The summed E-state index contributed by atoms with van der Waals surface area (Å²) in [5, 5.41) is 4.27. The lowest BCUT2D eigenvalue weighted by atomic mass is 10.0. The number of amides is 1. The Balaban J connectivity index is 1.55. The van der Waals surface area contributed by atoms with Crippen molar-refractivity contribution in [1.29, 1.82) is 0 Å². The Hall–Kier alpha value is -2.50. The lowest BCUT2D eigenvalue weighted by Gasteiger charge is -2.35. The Morgan fingerprint density at radius 3 is 3.04 bits per heavy atom. The first-order valence-corrected chi connectivity index (χ1v) is 7.99. The van der Waals surface area contributed by atoms with Gasteiger partial charge in [-0.3, -0.25) is 9.48 Å². The summed E-state index contributed by atoms with van der Waals surface area (Å²) in [7, 11) is 0. The first-order valence-electron chi connectivity index (χ1n) is 7.99. The van der Waals surface area contributed by atoms with Gasteiger partial charge in [0.05, 0.1) is 12.6 Å². The van der Waals surface area contributed by atoms with Crippen molar-refractivity contribution < 1.29 is 14.3 Å². The molecule has 1 aromatic heterocycles. The van der Waals surface area contributed by atoms with Gasteiger partial charge in [-0.25, -0.2) is 0 Å². The van der Waals surface area contributed by atoms with Gasteiger partial charge in [0.2, 0.25) is 6.79 Å². The van der Waals surface area contributed by atoms with E-state index in [2.05, 4.69) is 5.10 Å². The molecule has 0 aliphatic carbocycles. The van der Waals surface area contributed by atoms with Gasteiger partial charge in [-0.2, -0.15) is 5.10 Å². The minimum atomic E-state index is 0.0557. The number of fused-ring (bicyclic) bond motifs is 1. The number of carbonyl (C=O) groups excluding carboxylic acids is 1. The van der Waals surface area contributed by atoms with Gasteiger partial charge < -0.3 is 14.4 Å². The number of piperidine rings is 1. The third-order valence-electron chi connectivity index (χ3n) is 4.46. The van der Waals surface area contributed by atoms with Crippen molar-refractivity contribution in [2.75, 3.05) is 13.3 Å². The third-order valence-corrected chi connectivity index (χ3v) is 4.46. The summed E-state index contributed by atoms with van der Waals surface area (Å²) >= 11 is 0. The van der Waals surface area contributed by atoms with Crippen molar-refractivity contribution >= 4 is 5.91 Å². The van der Waals surface area contributed by atoms with E-state index in [1.165, 1.54) is 0 Å². The summed E-state index contributed by atoms with van der Waals surface area (Å²) in [6.45, 7) is 1.75. The highest BCUT2D eigenvalue weighted by atomic mass is 16.7. The van der Waals surface area contributed by atoms with Gasteiger partial charge in [0.15, 0.2) is 11.5 Å². The van der Waals surface area contributed by atoms with Crippen LogP contribution in [0.25, 0.3) is 0 Å². The molecule has 0 N–H and O–H groups in total. The molecule has 1 atom stereocenters. The van der Waals surface area contributed by atoms with Crippen LogP contribution >= 0.6 is 0 Å². The zero-order valence-electron chi connectivity index (χ0n) is 12.9. The van der Waals surface area contributed by atoms with Crippen LogP contribution in [0.4, 0.5) is 0 Å². The van der Waals surface area contributed by atoms with E-state index < -0.39 is 0 Å². The quantitative estimate of drug-likeness (QED) is 0.872. The smallest absolute Gasteiger partial charge is 0.254 e. The maximum atomic E-state index is 12.9. The average Bonchev–Trinajstić information content (AvgIpc) is 3.25. The van der Waals surface area contributed by atoms with Crippen molar-refractivity contribution in [3.8, 4) is 11.5 Å². The van der Waals surface area contributed by atoms with E-state index in [-0.39, 0.29) is 18.7 Å². The molecule has 1 saturated heterocycles. The number of carbonyl (C=O) groups is 1. The third kappa shape index (κ3) is 2.76. The van der Waals surface area contributed by atoms with E-state index in [1.807, 2.05) is 34.0 Å². The molecule has 23 heavy (non-hydrogen) atoms. The number of hydrogen-bond acceptors (Lipinski definition) is 4. The van der Waals surface area contributed by atoms with E-state index in [9.17, 15) is 4.79 Å². The fourth-order valence-corrected chi connectivity index (χ4v) is 3.28. The molecule has 2 aliphatic heterocycles. The number of hydrogen-bond donors (Lipinski definition) is 0. The topological polar surface area (TPSA) is 56.6 Å². The second-order valence-corrected chi connectivity index (χ2v) is 5.94. The average molecular weight is 313 g/mol. The number of aromatic nitrogens is 2. The predicted octanol–water partition coefficient (Wildman–Crippen LogP) is 2.31. The second-order valence-electron chi connectivity index (χ2n) is 5.94. The molecule has 1 fully saturated rings. The monoisotopic (exact) mass is 313 g/mol. The molecule has 0 saturated carbocycles. The summed E-state index contributed by atoms with van der Waals surface area (Å²) in [5.74, 6) is 1.41. The fraction of sp³-hybridized carbons (Fsp3) is 0.412. The zero-order chi connectivity index (χ0) is 15.6. The van der Waals surface area contributed by atoms with Crippen LogP contribution in [0.15, 0.2) is 36.7 Å². The highest BCUT2D eigenvalue weighted by molar-refractivity contribution is 5.95. The van der Waals surface area contributed by atoms with Gasteiger partial charge in [-0.1, -0.05) is 0 Å². The Labute approximate surface area is 134 Å². The summed E-state index contributed by atoms with van der Waals surface area (Å²) in [5.41, 5.74) is 0.654. The van der Waals surface area contributed by atoms with Crippen LogP contribution < -0.4 is 9.47 Å². The predicted molar refractivity (Wildman–Crippen MR) is 83.5 cm³/mol. The lowest BCUT2D eigenvalue weighted by molar-refractivity contribution is 0.0583. The Bertz CT molecular complexity index is 699. The molecule has 0 bridgehead atoms. The van der Waals surface area contributed by atoms with Gasteiger partial charge in [0.25, 0.3) is 5.91 Å². The maximum Gasteiger partial charge on any atom is 0.254 e. The van der Waals surface area contributed by atoms with E-state index in [1.54, 1.807) is 12.3 Å². The molecule has 0 radical (unpaired) electrons. The molecule has 2 aromatic rings. The molecule has 0 spiro atoms. The van der Waals surface area contributed by atoms with Gasteiger partial charge >= 0.3 is 0 Å². The fourth-order valence-electron chi connectivity index (χ4n) is 3.28. The zero-order valence-corrected chi connectivity index (χ0v) is 12.9. The molecular formula is C17H19N3O3. The minimum absolute atomic E-state index is 0.0557. The van der Waals surface area contributed by atoms with Crippen molar-refractivity contribution in [3.63, 3.8) is 0 Å². The highest BCUT2D eigenvalue weighted by Crippen LogP contribution is 2.33. The first kappa shape index (κ1) is 14.1. The molecule has 4 rings (SSSR count). The van der Waals surface area contributed by atoms with Crippen LogP contribution in [0.3, 0.4) is 0 Å². The normalized spacial score (nSPS) is 19.8. The second kappa shape index (κ2) is 5.95. The number of rotatable bonds is 3. The summed E-state index contributed by atoms with van der Waals surface area (Å²) in [4.78, 5) is 14.9. The summed E-state index contributed by atoms with van der Waals surface area (Å²) in [6.07, 6.45) is 6.92. The van der Waals surface area contributed by atoms with Crippen LogP contribution in [-0.4, -0.2) is 40.0 Å². The van der Waals surface area contributed by atoms with Crippen LogP contribution in [0, 0.1) is 0 Å². The van der Waals surface area contributed by atoms with Crippen molar-refractivity contribution in [1.82, 2.24) is 14.7 Å². The Morgan fingerprint density at radius 2 is 2.17 bits per heavy atom. The SMILES string of the molecule is O=C(c1ccc2c(c1)OCO2)N1CCCC[C@H]1Cn1cccn1. The van der Waals surface area contributed by atoms with Crippen LogP contribution in [0.1, 0.15) is 29.6 Å². The largest absolute Gasteiger partial charge is 0.454 e. The molecule has 1 aromatic carbocycles. The van der Waals surface area contributed by atoms with Gasteiger partial charge in [-0.15, -0.1) is 0 Å². The molecule has 6 nitrogen and oxygen atoms in total. The molecule has 0 unspecified atom stereocenters. The number of benzene rings is 1. The van der Waals surface area contributed by atoms with E-state index >= 15 is 0 Å². The molecule has 6 heteroatoms. The molecule has 2 aliphatic rings. The van der Waals surface area contributed by atoms with Crippen molar-refractivity contribution in [2.45, 2.75) is 31.8 Å². The lowest BCUT2D eigenvalue weighted by Crippen LogP contribution is -2.45. The van der Waals surface area contributed by atoms with E-state index in [0.29, 0.717) is 17.1 Å². The van der Waals surface area contributed by atoms with Gasteiger partial charge in [0, 0.05) is 24.5 Å². The van der Waals surface area contributed by atoms with E-state index in [0.717, 1.165) is 32.4 Å². The molecule has 3 heterocycles. The molecule has 120 valence electrons. The number of likely N-dealkylation sites (tertiary alicyclic amines) is 1. The molecular weight excluding hydrogens is 294 g/mol. The summed E-state index contributed by atoms with van der Waals surface area (Å²) in [6, 6.07) is 7.50. The first-order chi connectivity index (χ1) is 11.3. The van der Waals surface area contributed by atoms with Gasteiger partial charge in [0.1, 0.15) is 0 Å². The Kier molecular flexibility index (Phi) is 3.65. The minimum Gasteiger partial charge on any atom is -0.454 e. The van der Waals surface area contributed by atoms with Crippen molar-refractivity contribution in [2.24, 2.45) is 0 Å². The Morgan fingerprint density at radius 1 is 1.26 bits per heavy atom. The van der Waals surface area contributed by atoms with Gasteiger partial charge in [-0.05, 0) is 43.5 Å². The van der Waals surface area contributed by atoms with Crippen molar-refractivity contribution in [3.05, 3.63) is 42.2 Å². The van der Waals surface area contributed by atoms with E-state index in [4.69, 9.17) is 9.47 Å². The standard InChI is InChI=1S/C17H19N3O3/c21-17(13-5-6-15-16(10-13)23-12-22-15)20-9-2-1-4-14(20)11-19-8-3-7-18-19/h3,5-8,10,14H,1-2,4,9,11-12H2/t14-/m0/s1. The number of ether oxygens (including phenoxy) is 2. The summed E-state index contributed by atoms with van der Waals surface area (Å²) < 4.78 is 12.6. The number of nitrogens with zero attached hydrogens (tertiary/aromatic N) is 3. The van der Waals surface area contributed by atoms with Crippen LogP contribution in [0.5, 0.6) is 11.5 Å². The van der Waals surface area contributed by atoms with Crippen LogP contribution in [-0.2, 0) is 6.54 Å². The maximum absolute atomic E-state index is 12.9. The van der Waals surface area contributed by atoms with Crippen LogP contribution in [0.2, 0.25) is 0 Å².